The smallest absolute Gasteiger partial charge is 0.335 e. The van der Waals surface area contributed by atoms with Gasteiger partial charge in [-0.05, 0) is 41.7 Å². The number of carboxylic acids is 1. The zero-order chi connectivity index (χ0) is 36.3. The molecule has 14 heteroatoms. The quantitative estimate of drug-likeness (QED) is 0.152. The minimum Gasteiger partial charge on any atom is -0.491 e. The monoisotopic (exact) mass is 710 g/mol. The van der Waals surface area contributed by atoms with Gasteiger partial charge >= 0.3 is 5.97 Å². The molecular weight excluding hydrogens is 664 g/mol. The van der Waals surface area contributed by atoms with Gasteiger partial charge < -0.3 is 40.0 Å². The Morgan fingerprint density at radius 3 is 2.38 bits per heavy atom. The van der Waals surface area contributed by atoms with E-state index in [0.717, 1.165) is 21.7 Å². The van der Waals surface area contributed by atoms with E-state index in [1.54, 1.807) is 29.0 Å². The summed E-state index contributed by atoms with van der Waals surface area (Å²) < 4.78 is 16.5. The highest BCUT2D eigenvalue weighted by molar-refractivity contribution is 7.13. The van der Waals surface area contributed by atoms with E-state index in [9.17, 15) is 24.3 Å². The number of benzene rings is 2. The van der Waals surface area contributed by atoms with Crippen LogP contribution in [-0.2, 0) is 30.4 Å². The molecule has 0 aliphatic carbocycles. The molecule has 270 valence electrons. The van der Waals surface area contributed by atoms with E-state index in [1.165, 1.54) is 17.0 Å². The predicted octanol–water partition coefficient (Wildman–Crippen LogP) is 3.43. The summed E-state index contributed by atoms with van der Waals surface area (Å²) in [5.41, 5.74) is 4.17. The van der Waals surface area contributed by atoms with Crippen LogP contribution < -0.4 is 15.4 Å². The Balaban J connectivity index is 1.19. The fourth-order valence-electron chi connectivity index (χ4n) is 5.44. The lowest BCUT2D eigenvalue weighted by molar-refractivity contribution is -0.144. The highest BCUT2D eigenvalue weighted by atomic mass is 32.1. The van der Waals surface area contributed by atoms with Crippen LogP contribution in [0.2, 0.25) is 0 Å². The Morgan fingerprint density at radius 1 is 1.02 bits per heavy atom. The van der Waals surface area contributed by atoms with Crippen molar-refractivity contribution in [1.29, 1.82) is 0 Å². The molecule has 50 heavy (non-hydrogen) atoms. The number of hydrogen-bond acceptors (Lipinski definition) is 10. The van der Waals surface area contributed by atoms with E-state index >= 15 is 0 Å². The number of carbonyl (C=O) groups is 4. The highest BCUT2D eigenvalue weighted by Gasteiger charge is 2.44. The third-order valence-corrected chi connectivity index (χ3v) is 9.11. The second-order valence-corrected chi connectivity index (χ2v) is 14.0. The van der Waals surface area contributed by atoms with Crippen LogP contribution in [0.5, 0.6) is 5.75 Å². The number of likely N-dealkylation sites (tertiary alicyclic amines) is 1. The van der Waals surface area contributed by atoms with Crippen LogP contribution in [0.3, 0.4) is 0 Å². The van der Waals surface area contributed by atoms with E-state index in [0.29, 0.717) is 5.75 Å². The van der Waals surface area contributed by atoms with Gasteiger partial charge in [0, 0.05) is 25.9 Å². The van der Waals surface area contributed by atoms with Crippen LogP contribution in [0, 0.1) is 12.3 Å². The normalized spacial score (nSPS) is 16.5. The van der Waals surface area contributed by atoms with Crippen molar-refractivity contribution in [3.8, 4) is 16.2 Å². The molecule has 0 bridgehead atoms. The minimum atomic E-state index is -1.03. The molecule has 1 aliphatic heterocycles. The lowest BCUT2D eigenvalue weighted by Gasteiger charge is -2.35. The lowest BCUT2D eigenvalue weighted by atomic mass is 9.85. The molecule has 1 fully saturated rings. The fourth-order valence-corrected chi connectivity index (χ4v) is 6.25. The Morgan fingerprint density at radius 2 is 1.72 bits per heavy atom. The van der Waals surface area contributed by atoms with Crippen LogP contribution >= 0.6 is 11.3 Å². The number of aliphatic hydroxyl groups is 1. The third-order valence-electron chi connectivity index (χ3n) is 8.13. The Labute approximate surface area is 295 Å². The van der Waals surface area contributed by atoms with Gasteiger partial charge in [0.05, 0.1) is 54.2 Å². The Hall–Kier alpha value is -4.37. The first-order valence-corrected chi connectivity index (χ1v) is 17.4. The van der Waals surface area contributed by atoms with Gasteiger partial charge in [-0.2, -0.15) is 0 Å². The number of aromatic nitrogens is 1. The molecule has 0 radical (unpaired) electrons. The van der Waals surface area contributed by atoms with E-state index < -0.39 is 35.5 Å². The molecule has 0 saturated carbocycles. The van der Waals surface area contributed by atoms with E-state index in [-0.39, 0.29) is 76.3 Å². The number of rotatable bonds is 17. The summed E-state index contributed by atoms with van der Waals surface area (Å²) in [5.74, 6) is -1.78. The van der Waals surface area contributed by atoms with Gasteiger partial charge in [-0.1, -0.05) is 51.1 Å². The van der Waals surface area contributed by atoms with Crippen LogP contribution in [0.25, 0.3) is 10.4 Å². The number of β-amino-alcohol motifs (C(OH)–C–C–N with tert-alkyl or cyclic N) is 1. The molecule has 4 rings (SSSR count). The number of aryl methyl sites for hydroxylation is 1. The molecule has 1 aromatic heterocycles. The van der Waals surface area contributed by atoms with Crippen molar-refractivity contribution in [3.63, 3.8) is 0 Å². The number of hydrogen-bond donors (Lipinski definition) is 4. The van der Waals surface area contributed by atoms with Crippen LogP contribution in [0.1, 0.15) is 55.2 Å². The summed E-state index contributed by atoms with van der Waals surface area (Å²) >= 11 is 1.57. The molecule has 1 saturated heterocycles. The van der Waals surface area contributed by atoms with E-state index in [2.05, 4.69) is 15.6 Å². The fraction of sp³-hybridized carbons (Fsp3) is 0.472. The van der Waals surface area contributed by atoms with E-state index in [1.807, 2.05) is 52.0 Å². The van der Waals surface area contributed by atoms with Crippen molar-refractivity contribution in [2.24, 2.45) is 5.41 Å². The number of aromatic carboxylic acids is 1. The van der Waals surface area contributed by atoms with Crippen molar-refractivity contribution in [1.82, 2.24) is 20.5 Å². The number of nitrogens with one attached hydrogen (secondary N) is 2. The standard InChI is InChI=1S/C36H46N4O9S/c1-23-31(50-22-38-23)25-10-8-24(9-11-25)20-37-33(43)29-19-27(41)21-40(29)34(44)32(36(2,3)4)39-30(42)12-13-47-14-15-48-16-17-49-28-7-5-6-26(18-28)35(45)46/h5-11,18,22,27,29,32,41H,12-17,19-21H2,1-4H3,(H,37,43)(H,39,42)(H,45,46)/t27-,29+,32-/m1/s1. The second-order valence-electron chi connectivity index (χ2n) is 13.1. The zero-order valence-electron chi connectivity index (χ0n) is 28.8. The van der Waals surface area contributed by atoms with Gasteiger partial charge in [0.2, 0.25) is 17.7 Å². The molecule has 2 aromatic carbocycles. The predicted molar refractivity (Wildman–Crippen MR) is 187 cm³/mol. The number of thiazole rings is 1. The molecule has 13 nitrogen and oxygen atoms in total. The van der Waals surface area contributed by atoms with Crippen molar-refractivity contribution in [2.75, 3.05) is 39.6 Å². The van der Waals surface area contributed by atoms with Gasteiger partial charge in [-0.3, -0.25) is 14.4 Å². The maximum absolute atomic E-state index is 13.8. The first kappa shape index (κ1) is 38.4. The first-order chi connectivity index (χ1) is 23.8. The maximum Gasteiger partial charge on any atom is 0.335 e. The summed E-state index contributed by atoms with van der Waals surface area (Å²) in [6.07, 6.45) is -0.749. The van der Waals surface area contributed by atoms with Gasteiger partial charge in [-0.15, -0.1) is 11.3 Å². The average Bonchev–Trinajstić information content (AvgIpc) is 3.70. The van der Waals surface area contributed by atoms with Gasteiger partial charge in [0.1, 0.15) is 24.4 Å². The largest absolute Gasteiger partial charge is 0.491 e. The van der Waals surface area contributed by atoms with Gasteiger partial charge in [-0.25, -0.2) is 9.78 Å². The summed E-state index contributed by atoms with van der Waals surface area (Å²) in [7, 11) is 0. The molecule has 3 amide bonds. The van der Waals surface area contributed by atoms with Crippen molar-refractivity contribution < 1.29 is 43.6 Å². The molecule has 3 atom stereocenters. The average molecular weight is 711 g/mol. The number of nitrogens with zero attached hydrogens (tertiary/aromatic N) is 2. The highest BCUT2D eigenvalue weighted by Crippen LogP contribution is 2.28. The number of ether oxygens (including phenoxy) is 3. The van der Waals surface area contributed by atoms with Crippen molar-refractivity contribution in [3.05, 3.63) is 70.9 Å². The maximum atomic E-state index is 13.8. The Kier molecular flexibility index (Phi) is 13.9. The molecule has 3 aromatic rings. The summed E-state index contributed by atoms with van der Waals surface area (Å²) in [5, 5.41) is 25.2. The molecule has 0 unspecified atom stereocenters. The summed E-state index contributed by atoms with van der Waals surface area (Å²) in [4.78, 5) is 57.8. The van der Waals surface area contributed by atoms with Gasteiger partial charge in [0.15, 0.2) is 0 Å². The third kappa shape index (κ3) is 11.1. The number of amides is 3. The molecule has 1 aliphatic rings. The second kappa shape index (κ2) is 18.0. The zero-order valence-corrected chi connectivity index (χ0v) is 29.7. The molecular formula is C36H46N4O9S. The van der Waals surface area contributed by atoms with Crippen molar-refractivity contribution in [2.45, 2.75) is 65.3 Å². The first-order valence-electron chi connectivity index (χ1n) is 16.5. The van der Waals surface area contributed by atoms with Gasteiger partial charge in [0.25, 0.3) is 0 Å². The number of aliphatic hydroxyl groups excluding tert-OH is 1. The van der Waals surface area contributed by atoms with Crippen LogP contribution in [-0.4, -0.2) is 102 Å². The van der Waals surface area contributed by atoms with E-state index in [4.69, 9.17) is 19.3 Å². The summed E-state index contributed by atoms with van der Waals surface area (Å²) in [6.45, 7) is 8.80. The Bertz CT molecular complexity index is 1610. The molecule has 4 N–H and O–H groups in total. The molecule has 0 spiro atoms. The van der Waals surface area contributed by atoms with Crippen molar-refractivity contribution >= 4 is 35.0 Å². The van der Waals surface area contributed by atoms with Crippen LogP contribution in [0.15, 0.2) is 54.0 Å². The van der Waals surface area contributed by atoms with Crippen LogP contribution in [0.4, 0.5) is 0 Å². The SMILES string of the molecule is Cc1ncsc1-c1ccc(CNC(=O)[C@@H]2C[C@@H](O)CN2C(=O)[C@@H](NC(=O)CCOCCOCCOc2cccc(C(=O)O)c2)C(C)(C)C)cc1. The number of carbonyl (C=O) groups excluding carboxylic acids is 3. The summed E-state index contributed by atoms with van der Waals surface area (Å²) in [6, 6.07) is 12.2. The topological polar surface area (TPSA) is 177 Å². The molecule has 2 heterocycles. The number of carboxylic acid groups (broad SMARTS) is 1. The lowest BCUT2D eigenvalue weighted by Crippen LogP contribution is -2.57. The minimum absolute atomic E-state index is 0.00879.